The third-order valence-corrected chi connectivity index (χ3v) is 4.09. The highest BCUT2D eigenvalue weighted by molar-refractivity contribution is 6.33. The molecule has 1 heterocycles. The number of rotatable bonds is 2. The summed E-state index contributed by atoms with van der Waals surface area (Å²) in [6, 6.07) is 5.27. The number of urea groups is 1. The van der Waals surface area contributed by atoms with Crippen LogP contribution < -0.4 is 10.6 Å². The predicted octanol–water partition coefficient (Wildman–Crippen LogP) is 2.64. The number of benzene rings is 1. The van der Waals surface area contributed by atoms with Gasteiger partial charge in [-0.25, -0.2) is 4.79 Å². The lowest BCUT2D eigenvalue weighted by Crippen LogP contribution is -2.46. The van der Waals surface area contributed by atoms with Crippen LogP contribution in [0.4, 0.5) is 10.5 Å². The molecule has 5 nitrogen and oxygen atoms in total. The van der Waals surface area contributed by atoms with Crippen LogP contribution in [0.1, 0.15) is 18.4 Å². The minimum absolute atomic E-state index is 0.0126. The molecule has 1 fully saturated rings. The number of anilines is 1. The topological polar surface area (TPSA) is 61.4 Å². The Balaban J connectivity index is 2.05. The van der Waals surface area contributed by atoms with E-state index in [1.165, 1.54) is 0 Å². The van der Waals surface area contributed by atoms with E-state index in [1.807, 2.05) is 19.1 Å². The molecular weight excluding hydrogens is 290 g/mol. The number of likely N-dealkylation sites (tertiary alicyclic amines) is 1. The van der Waals surface area contributed by atoms with E-state index in [0.29, 0.717) is 23.8 Å². The fourth-order valence-corrected chi connectivity index (χ4v) is 2.83. The molecular formula is C15H20ClN3O2. The quantitative estimate of drug-likeness (QED) is 0.882. The number of carbonyl (C=O) groups excluding carboxylic acids is 2. The molecule has 0 aromatic heterocycles. The first-order valence-electron chi connectivity index (χ1n) is 7.05. The van der Waals surface area contributed by atoms with Gasteiger partial charge in [0.25, 0.3) is 0 Å². The first-order valence-corrected chi connectivity index (χ1v) is 7.43. The van der Waals surface area contributed by atoms with Crippen LogP contribution in [-0.4, -0.2) is 37.0 Å². The van der Waals surface area contributed by atoms with Crippen molar-refractivity contribution in [1.29, 1.82) is 0 Å². The fraction of sp³-hybridized carbons (Fsp3) is 0.467. The summed E-state index contributed by atoms with van der Waals surface area (Å²) in [6.45, 7) is 2.99. The molecule has 2 rings (SSSR count). The minimum atomic E-state index is -0.209. The van der Waals surface area contributed by atoms with E-state index >= 15 is 0 Å². The molecule has 0 aliphatic carbocycles. The van der Waals surface area contributed by atoms with Crippen molar-refractivity contribution in [3.05, 3.63) is 28.8 Å². The number of carbonyl (C=O) groups is 2. The second-order valence-corrected chi connectivity index (χ2v) is 5.67. The summed E-state index contributed by atoms with van der Waals surface area (Å²) in [6.07, 6.45) is 1.64. The normalized spacial score (nSPS) is 18.2. The Bertz CT molecular complexity index is 527. The van der Waals surface area contributed by atoms with Gasteiger partial charge in [-0.3, -0.25) is 4.79 Å². The Morgan fingerprint density at radius 2 is 2.14 bits per heavy atom. The number of piperidine rings is 1. The van der Waals surface area contributed by atoms with Gasteiger partial charge in [0, 0.05) is 20.1 Å². The van der Waals surface area contributed by atoms with E-state index < -0.39 is 0 Å². The number of nitrogens with zero attached hydrogens (tertiary/aromatic N) is 1. The molecule has 0 spiro atoms. The number of halogens is 1. The zero-order chi connectivity index (χ0) is 15.4. The summed E-state index contributed by atoms with van der Waals surface area (Å²) in [5.74, 6) is -0.150. The van der Waals surface area contributed by atoms with Crippen LogP contribution in [0, 0.1) is 12.8 Å². The van der Waals surface area contributed by atoms with Crippen molar-refractivity contribution in [1.82, 2.24) is 10.2 Å². The van der Waals surface area contributed by atoms with Gasteiger partial charge >= 0.3 is 6.03 Å². The number of para-hydroxylation sites is 1. The second-order valence-electron chi connectivity index (χ2n) is 5.26. The molecule has 0 unspecified atom stereocenters. The lowest BCUT2D eigenvalue weighted by molar-refractivity contribution is -0.125. The molecule has 21 heavy (non-hydrogen) atoms. The molecule has 1 aromatic rings. The maximum Gasteiger partial charge on any atom is 0.321 e. The summed E-state index contributed by atoms with van der Waals surface area (Å²) >= 11 is 6.12. The van der Waals surface area contributed by atoms with E-state index in [0.717, 1.165) is 18.4 Å². The average molecular weight is 310 g/mol. The minimum Gasteiger partial charge on any atom is -0.359 e. The largest absolute Gasteiger partial charge is 0.359 e. The molecule has 0 bridgehead atoms. The Morgan fingerprint density at radius 1 is 1.38 bits per heavy atom. The third kappa shape index (κ3) is 3.67. The van der Waals surface area contributed by atoms with Crippen LogP contribution in [0.15, 0.2) is 18.2 Å². The van der Waals surface area contributed by atoms with E-state index in [4.69, 9.17) is 11.6 Å². The van der Waals surface area contributed by atoms with E-state index in [-0.39, 0.29) is 17.9 Å². The molecule has 1 aliphatic rings. The van der Waals surface area contributed by atoms with Gasteiger partial charge in [0.2, 0.25) is 5.91 Å². The summed E-state index contributed by atoms with van der Waals surface area (Å²) in [4.78, 5) is 25.7. The van der Waals surface area contributed by atoms with Crippen molar-refractivity contribution in [2.24, 2.45) is 5.92 Å². The van der Waals surface area contributed by atoms with Gasteiger partial charge in [-0.15, -0.1) is 0 Å². The van der Waals surface area contributed by atoms with Crippen molar-refractivity contribution < 1.29 is 9.59 Å². The van der Waals surface area contributed by atoms with Gasteiger partial charge < -0.3 is 15.5 Å². The highest BCUT2D eigenvalue weighted by atomic mass is 35.5. The van der Waals surface area contributed by atoms with Crippen LogP contribution in [0.2, 0.25) is 5.02 Å². The van der Waals surface area contributed by atoms with Crippen molar-refractivity contribution in [2.75, 3.05) is 25.5 Å². The van der Waals surface area contributed by atoms with Crippen LogP contribution >= 0.6 is 11.6 Å². The zero-order valence-electron chi connectivity index (χ0n) is 12.3. The number of hydrogen-bond acceptors (Lipinski definition) is 2. The monoisotopic (exact) mass is 309 g/mol. The fourth-order valence-electron chi connectivity index (χ4n) is 2.56. The summed E-state index contributed by atoms with van der Waals surface area (Å²) in [5, 5.41) is 6.01. The summed E-state index contributed by atoms with van der Waals surface area (Å²) in [5.41, 5.74) is 1.54. The second kappa shape index (κ2) is 6.80. The molecule has 6 heteroatoms. The van der Waals surface area contributed by atoms with E-state index in [1.54, 1.807) is 18.0 Å². The van der Waals surface area contributed by atoms with Gasteiger partial charge in [0.05, 0.1) is 16.6 Å². The Kier molecular flexibility index (Phi) is 5.07. The number of hydrogen-bond donors (Lipinski definition) is 2. The molecule has 0 saturated carbocycles. The Labute approximate surface area is 129 Å². The maximum absolute atomic E-state index is 12.4. The molecule has 0 radical (unpaired) electrons. The number of amides is 3. The summed E-state index contributed by atoms with van der Waals surface area (Å²) < 4.78 is 0. The van der Waals surface area contributed by atoms with Gasteiger partial charge in [0.1, 0.15) is 0 Å². The highest BCUT2D eigenvalue weighted by Gasteiger charge is 2.28. The Hall–Kier alpha value is -1.75. The molecule has 2 N–H and O–H groups in total. The molecule has 114 valence electrons. The molecule has 1 atom stereocenters. The SMILES string of the molecule is CNC(=O)[C@@H]1CCCN(C(=O)Nc2c(C)cccc2Cl)C1. The van der Waals surface area contributed by atoms with Gasteiger partial charge in [-0.05, 0) is 31.4 Å². The first-order chi connectivity index (χ1) is 10.0. The predicted molar refractivity (Wildman–Crippen MR) is 83.6 cm³/mol. The van der Waals surface area contributed by atoms with Crippen LogP contribution in [0.3, 0.4) is 0 Å². The van der Waals surface area contributed by atoms with Crippen LogP contribution in [0.25, 0.3) is 0 Å². The Morgan fingerprint density at radius 3 is 2.81 bits per heavy atom. The van der Waals surface area contributed by atoms with Crippen molar-refractivity contribution >= 4 is 29.2 Å². The third-order valence-electron chi connectivity index (χ3n) is 3.78. The standard InChI is InChI=1S/C15H20ClN3O2/c1-10-5-3-7-12(16)13(10)18-15(21)19-8-4-6-11(9-19)14(20)17-2/h3,5,7,11H,4,6,8-9H2,1-2H3,(H,17,20)(H,18,21)/t11-/m1/s1. The van der Waals surface area contributed by atoms with Crippen molar-refractivity contribution in [3.63, 3.8) is 0 Å². The molecule has 1 saturated heterocycles. The van der Waals surface area contributed by atoms with Gasteiger partial charge in [-0.1, -0.05) is 23.7 Å². The van der Waals surface area contributed by atoms with Crippen molar-refractivity contribution in [3.8, 4) is 0 Å². The molecule has 1 aromatic carbocycles. The summed E-state index contributed by atoms with van der Waals surface area (Å²) in [7, 11) is 1.62. The zero-order valence-corrected chi connectivity index (χ0v) is 13.0. The number of nitrogens with one attached hydrogen (secondary N) is 2. The van der Waals surface area contributed by atoms with Crippen LogP contribution in [0.5, 0.6) is 0 Å². The average Bonchev–Trinajstić information content (AvgIpc) is 2.50. The maximum atomic E-state index is 12.4. The van der Waals surface area contributed by atoms with E-state index in [2.05, 4.69) is 10.6 Å². The smallest absolute Gasteiger partial charge is 0.321 e. The lowest BCUT2D eigenvalue weighted by atomic mass is 9.97. The highest BCUT2D eigenvalue weighted by Crippen LogP contribution is 2.26. The van der Waals surface area contributed by atoms with E-state index in [9.17, 15) is 9.59 Å². The van der Waals surface area contributed by atoms with Gasteiger partial charge in [0.15, 0.2) is 0 Å². The van der Waals surface area contributed by atoms with Gasteiger partial charge in [-0.2, -0.15) is 0 Å². The molecule has 1 aliphatic heterocycles. The van der Waals surface area contributed by atoms with Crippen molar-refractivity contribution in [2.45, 2.75) is 19.8 Å². The van der Waals surface area contributed by atoms with Crippen LogP contribution in [-0.2, 0) is 4.79 Å². The lowest BCUT2D eigenvalue weighted by Gasteiger charge is -2.32. The number of aryl methyl sites for hydroxylation is 1. The first kappa shape index (κ1) is 15.6. The molecule has 3 amide bonds.